The highest BCUT2D eigenvalue weighted by atomic mass is 16.3. The van der Waals surface area contributed by atoms with E-state index in [-0.39, 0.29) is 17.2 Å². The molecule has 6 nitrogen and oxygen atoms in total. The van der Waals surface area contributed by atoms with E-state index in [0.717, 1.165) is 22.6 Å². The molecule has 1 amide bonds. The number of hydrogen-bond donors (Lipinski definition) is 1. The molecular formula is C21H24N2O4. The molecule has 27 heavy (non-hydrogen) atoms. The fourth-order valence-corrected chi connectivity index (χ4v) is 2.97. The van der Waals surface area contributed by atoms with Crippen molar-refractivity contribution in [1.29, 1.82) is 0 Å². The van der Waals surface area contributed by atoms with Crippen LogP contribution in [-0.4, -0.2) is 31.4 Å². The SMILES string of the molecule is Cc1ccc([C@H](CNC(=O)c2cc(=O)c3cc(C)c(C)cc3o2)N(C)C)o1. The molecule has 0 fully saturated rings. The molecule has 0 spiro atoms. The number of benzene rings is 1. The van der Waals surface area contributed by atoms with Crippen molar-refractivity contribution in [2.75, 3.05) is 20.6 Å². The molecule has 6 heteroatoms. The minimum absolute atomic E-state index is 0.00360. The monoisotopic (exact) mass is 368 g/mol. The Labute approximate surface area is 157 Å². The molecule has 1 aromatic carbocycles. The lowest BCUT2D eigenvalue weighted by Gasteiger charge is -2.22. The smallest absolute Gasteiger partial charge is 0.287 e. The number of nitrogens with zero attached hydrogens (tertiary/aromatic N) is 1. The van der Waals surface area contributed by atoms with Crippen LogP contribution in [0.1, 0.15) is 39.2 Å². The molecule has 0 saturated heterocycles. The second kappa shape index (κ2) is 7.40. The lowest BCUT2D eigenvalue weighted by Crippen LogP contribution is -2.34. The van der Waals surface area contributed by atoms with E-state index >= 15 is 0 Å². The van der Waals surface area contributed by atoms with Crippen LogP contribution in [-0.2, 0) is 0 Å². The van der Waals surface area contributed by atoms with E-state index in [1.807, 2.05) is 51.9 Å². The quantitative estimate of drug-likeness (QED) is 0.747. The molecule has 1 atom stereocenters. The first-order valence-electron chi connectivity index (χ1n) is 8.82. The Kier molecular flexibility index (Phi) is 5.19. The Hall–Kier alpha value is -2.86. The third-order valence-corrected chi connectivity index (χ3v) is 4.74. The minimum atomic E-state index is -0.428. The summed E-state index contributed by atoms with van der Waals surface area (Å²) < 4.78 is 11.4. The van der Waals surface area contributed by atoms with Gasteiger partial charge < -0.3 is 14.2 Å². The van der Waals surface area contributed by atoms with E-state index in [4.69, 9.17) is 8.83 Å². The zero-order valence-electron chi connectivity index (χ0n) is 16.3. The van der Waals surface area contributed by atoms with E-state index in [1.54, 1.807) is 12.1 Å². The number of carbonyl (C=O) groups excluding carboxylic acids is 1. The van der Waals surface area contributed by atoms with Gasteiger partial charge in [-0.25, -0.2) is 0 Å². The molecule has 1 N–H and O–H groups in total. The van der Waals surface area contributed by atoms with Crippen molar-refractivity contribution >= 4 is 16.9 Å². The number of likely N-dealkylation sites (N-methyl/N-ethyl adjacent to an activating group) is 1. The van der Waals surface area contributed by atoms with Gasteiger partial charge in [0.2, 0.25) is 0 Å². The first-order valence-corrected chi connectivity index (χ1v) is 8.82. The van der Waals surface area contributed by atoms with Gasteiger partial charge in [0.1, 0.15) is 17.1 Å². The highest BCUT2D eigenvalue weighted by Crippen LogP contribution is 2.21. The van der Waals surface area contributed by atoms with E-state index in [9.17, 15) is 9.59 Å². The Bertz CT molecular complexity index is 1050. The molecule has 2 aromatic heterocycles. The van der Waals surface area contributed by atoms with Crippen LogP contribution in [0, 0.1) is 20.8 Å². The van der Waals surface area contributed by atoms with Crippen molar-refractivity contribution in [1.82, 2.24) is 10.2 Å². The summed E-state index contributed by atoms with van der Waals surface area (Å²) in [7, 11) is 3.83. The molecule has 0 aliphatic heterocycles. The van der Waals surface area contributed by atoms with Gasteiger partial charge >= 0.3 is 0 Å². The number of furan rings is 1. The van der Waals surface area contributed by atoms with Gasteiger partial charge in [0, 0.05) is 12.6 Å². The molecule has 3 rings (SSSR count). The van der Waals surface area contributed by atoms with Crippen molar-refractivity contribution in [3.05, 3.63) is 69.0 Å². The molecule has 3 aromatic rings. The van der Waals surface area contributed by atoms with E-state index in [0.29, 0.717) is 17.5 Å². The Balaban J connectivity index is 1.83. The van der Waals surface area contributed by atoms with Gasteiger partial charge in [-0.2, -0.15) is 0 Å². The van der Waals surface area contributed by atoms with Crippen LogP contribution in [0.4, 0.5) is 0 Å². The van der Waals surface area contributed by atoms with Crippen LogP contribution in [0.5, 0.6) is 0 Å². The third-order valence-electron chi connectivity index (χ3n) is 4.74. The van der Waals surface area contributed by atoms with Crippen LogP contribution in [0.2, 0.25) is 0 Å². The van der Waals surface area contributed by atoms with Gasteiger partial charge in [0.05, 0.1) is 11.4 Å². The van der Waals surface area contributed by atoms with Crippen molar-refractivity contribution in [2.24, 2.45) is 0 Å². The van der Waals surface area contributed by atoms with Gasteiger partial charge in [-0.15, -0.1) is 0 Å². The molecule has 0 saturated carbocycles. The third kappa shape index (κ3) is 3.95. The average Bonchev–Trinajstić information content (AvgIpc) is 3.02. The molecule has 0 aliphatic rings. The summed E-state index contributed by atoms with van der Waals surface area (Å²) >= 11 is 0. The number of aryl methyl sites for hydroxylation is 3. The molecule has 0 unspecified atom stereocenters. The van der Waals surface area contributed by atoms with Gasteiger partial charge in [0.25, 0.3) is 5.91 Å². The highest BCUT2D eigenvalue weighted by Gasteiger charge is 2.20. The van der Waals surface area contributed by atoms with Crippen LogP contribution < -0.4 is 10.7 Å². The van der Waals surface area contributed by atoms with Crippen LogP contribution in [0.15, 0.2) is 44.0 Å². The lowest BCUT2D eigenvalue weighted by atomic mass is 10.1. The topological polar surface area (TPSA) is 75.7 Å². The fraction of sp³-hybridized carbons (Fsp3) is 0.333. The van der Waals surface area contributed by atoms with Crippen molar-refractivity contribution in [3.8, 4) is 0 Å². The molecule has 0 radical (unpaired) electrons. The highest BCUT2D eigenvalue weighted by molar-refractivity contribution is 5.93. The number of carbonyl (C=O) groups is 1. The van der Waals surface area contributed by atoms with Gasteiger partial charge in [0.15, 0.2) is 11.2 Å². The Morgan fingerprint density at radius 1 is 1.07 bits per heavy atom. The number of hydrogen-bond acceptors (Lipinski definition) is 5. The second-order valence-corrected chi connectivity index (χ2v) is 7.05. The van der Waals surface area contributed by atoms with Crippen LogP contribution >= 0.6 is 0 Å². The van der Waals surface area contributed by atoms with Gasteiger partial charge in [-0.05, 0) is 70.3 Å². The maximum Gasteiger partial charge on any atom is 0.287 e. The Morgan fingerprint density at radius 2 is 1.78 bits per heavy atom. The fourth-order valence-electron chi connectivity index (χ4n) is 2.97. The van der Waals surface area contributed by atoms with E-state index < -0.39 is 5.91 Å². The normalized spacial score (nSPS) is 12.5. The number of nitrogens with one attached hydrogen (secondary N) is 1. The number of fused-ring (bicyclic) bond motifs is 1. The summed E-state index contributed by atoms with van der Waals surface area (Å²) in [5, 5.41) is 3.31. The second-order valence-electron chi connectivity index (χ2n) is 7.05. The number of amides is 1. The largest absolute Gasteiger partial charge is 0.465 e. The summed E-state index contributed by atoms with van der Waals surface area (Å²) in [6.07, 6.45) is 0. The van der Waals surface area contributed by atoms with E-state index in [1.165, 1.54) is 6.07 Å². The predicted octanol–water partition coefficient (Wildman–Crippen LogP) is 3.34. The van der Waals surface area contributed by atoms with E-state index in [2.05, 4.69) is 5.32 Å². The van der Waals surface area contributed by atoms with Gasteiger partial charge in [-0.1, -0.05) is 0 Å². The first kappa shape index (κ1) is 18.9. The summed E-state index contributed by atoms with van der Waals surface area (Å²) in [6, 6.07) is 8.48. The predicted molar refractivity (Wildman–Crippen MR) is 104 cm³/mol. The maximum atomic E-state index is 12.6. The molecule has 2 heterocycles. The summed E-state index contributed by atoms with van der Waals surface area (Å²) in [4.78, 5) is 26.9. The zero-order valence-corrected chi connectivity index (χ0v) is 16.3. The van der Waals surface area contributed by atoms with Crippen LogP contribution in [0.3, 0.4) is 0 Å². The van der Waals surface area contributed by atoms with Crippen LogP contribution in [0.25, 0.3) is 11.0 Å². The van der Waals surface area contributed by atoms with Gasteiger partial charge in [-0.3, -0.25) is 14.5 Å². The standard InChI is InChI=1S/C21H24N2O4/c1-12-8-15-17(24)10-20(27-19(15)9-13(12)2)21(25)22-11-16(23(4)5)18-7-6-14(3)26-18/h6-10,16H,11H2,1-5H3,(H,22,25)/t16-/m0/s1. The lowest BCUT2D eigenvalue weighted by molar-refractivity contribution is 0.0911. The molecule has 0 aliphatic carbocycles. The molecular weight excluding hydrogens is 344 g/mol. The van der Waals surface area contributed by atoms with Crippen molar-refractivity contribution in [3.63, 3.8) is 0 Å². The molecule has 142 valence electrons. The Morgan fingerprint density at radius 3 is 2.41 bits per heavy atom. The number of rotatable bonds is 5. The average molecular weight is 368 g/mol. The first-order chi connectivity index (χ1) is 12.8. The summed E-state index contributed by atoms with van der Waals surface area (Å²) in [5.41, 5.74) is 2.20. The summed E-state index contributed by atoms with van der Waals surface area (Å²) in [5.74, 6) is 1.16. The maximum absolute atomic E-state index is 12.6. The summed E-state index contributed by atoms with van der Waals surface area (Å²) in [6.45, 7) is 6.08. The minimum Gasteiger partial charge on any atom is -0.465 e. The van der Waals surface area contributed by atoms with Crippen molar-refractivity contribution < 1.29 is 13.6 Å². The van der Waals surface area contributed by atoms with Crippen molar-refractivity contribution in [2.45, 2.75) is 26.8 Å². The molecule has 0 bridgehead atoms. The zero-order chi connectivity index (χ0) is 19.7.